The minimum absolute atomic E-state index is 0.00606. The van der Waals surface area contributed by atoms with E-state index in [0.29, 0.717) is 12.6 Å². The second-order valence-electron chi connectivity index (χ2n) is 9.17. The molecule has 0 radical (unpaired) electrons. The van der Waals surface area contributed by atoms with Crippen molar-refractivity contribution in [3.8, 4) is 0 Å². The largest absolute Gasteiger partial charge is 0.381 e. The summed E-state index contributed by atoms with van der Waals surface area (Å²) in [4.78, 5) is 20.6. The number of aromatic nitrogens is 1. The van der Waals surface area contributed by atoms with E-state index >= 15 is 0 Å². The lowest BCUT2D eigenvalue weighted by Crippen LogP contribution is -2.40. The molecule has 2 aliphatic heterocycles. The van der Waals surface area contributed by atoms with Crippen LogP contribution >= 0.6 is 0 Å². The maximum Gasteiger partial charge on any atom is 0.251 e. The average molecular weight is 448 g/mol. The zero-order valence-corrected chi connectivity index (χ0v) is 20.3. The van der Waals surface area contributed by atoms with E-state index < -0.39 is 0 Å². The molecule has 176 valence electrons. The predicted octanol–water partition coefficient (Wildman–Crippen LogP) is 5.07. The zero-order valence-electron chi connectivity index (χ0n) is 20.3. The van der Waals surface area contributed by atoms with E-state index in [1.807, 2.05) is 19.1 Å². The van der Waals surface area contributed by atoms with Crippen LogP contribution in [0, 0.1) is 13.8 Å². The topological polar surface area (TPSA) is 54.5 Å². The number of pyridine rings is 1. The van der Waals surface area contributed by atoms with Crippen molar-refractivity contribution in [1.82, 2.24) is 10.3 Å². The number of hydrogen-bond acceptors (Lipinski definition) is 4. The monoisotopic (exact) mass is 447 g/mol. The van der Waals surface area contributed by atoms with Crippen LogP contribution in [0.4, 0.5) is 5.69 Å². The molecule has 0 saturated carbocycles. The molecule has 0 unspecified atom stereocenters. The van der Waals surface area contributed by atoms with Gasteiger partial charge in [-0.15, -0.1) is 0 Å². The van der Waals surface area contributed by atoms with Gasteiger partial charge in [0.1, 0.15) is 0 Å². The first kappa shape index (κ1) is 23.5. The Morgan fingerprint density at radius 3 is 2.76 bits per heavy atom. The van der Waals surface area contributed by atoms with E-state index in [-0.39, 0.29) is 5.91 Å². The number of fused-ring (bicyclic) bond motifs is 2. The van der Waals surface area contributed by atoms with Crippen molar-refractivity contribution >= 4 is 11.6 Å². The van der Waals surface area contributed by atoms with Crippen molar-refractivity contribution in [2.75, 3.05) is 24.7 Å². The van der Waals surface area contributed by atoms with E-state index in [0.717, 1.165) is 86.4 Å². The molecular formula is C28H37N3O2. The molecule has 0 spiro atoms. The maximum absolute atomic E-state index is 13.4. The Kier molecular flexibility index (Phi) is 7.81. The van der Waals surface area contributed by atoms with Crippen LogP contribution in [0.15, 0.2) is 36.4 Å². The third-order valence-electron chi connectivity index (χ3n) is 6.96. The highest BCUT2D eigenvalue weighted by Gasteiger charge is 2.24. The Hall–Kier alpha value is -2.66. The van der Waals surface area contributed by atoms with Crippen LogP contribution in [0.5, 0.6) is 0 Å². The van der Waals surface area contributed by atoms with Gasteiger partial charge >= 0.3 is 0 Å². The fourth-order valence-corrected chi connectivity index (χ4v) is 5.29. The Labute approximate surface area is 198 Å². The van der Waals surface area contributed by atoms with Crippen LogP contribution < -0.4 is 10.2 Å². The first-order chi connectivity index (χ1) is 16.1. The fraction of sp³-hybridized carbons (Fsp3) is 0.500. The molecule has 1 N–H and O–H groups in total. The quantitative estimate of drug-likeness (QED) is 0.668. The number of nitrogens with one attached hydrogen (secondary N) is 1. The van der Waals surface area contributed by atoms with E-state index in [1.54, 1.807) is 0 Å². The molecule has 2 aromatic rings. The maximum atomic E-state index is 13.4. The Morgan fingerprint density at radius 2 is 1.97 bits per heavy atom. The smallest absolute Gasteiger partial charge is 0.251 e. The number of rotatable bonds is 3. The molecule has 1 fully saturated rings. The van der Waals surface area contributed by atoms with Gasteiger partial charge in [0.2, 0.25) is 0 Å². The van der Waals surface area contributed by atoms with Crippen LogP contribution in [0.1, 0.15) is 71.0 Å². The summed E-state index contributed by atoms with van der Waals surface area (Å²) in [6, 6.07) is 8.82. The molecule has 2 aliphatic rings. The van der Waals surface area contributed by atoms with Crippen LogP contribution in [0.25, 0.3) is 0 Å². The molecule has 1 amide bonds. The lowest BCUT2D eigenvalue weighted by molar-refractivity contribution is 0.0845. The van der Waals surface area contributed by atoms with Crippen LogP contribution in [-0.2, 0) is 24.1 Å². The lowest BCUT2D eigenvalue weighted by atomic mass is 9.97. The summed E-state index contributed by atoms with van der Waals surface area (Å²) in [5.74, 6) is -0.00606. The number of aryl methyl sites for hydroxylation is 3. The van der Waals surface area contributed by atoms with Gasteiger partial charge in [0.05, 0.1) is 0 Å². The second-order valence-corrected chi connectivity index (χ2v) is 9.17. The molecule has 1 saturated heterocycles. The molecule has 5 nitrogen and oxygen atoms in total. The van der Waals surface area contributed by atoms with Gasteiger partial charge in [-0.3, -0.25) is 9.78 Å². The van der Waals surface area contributed by atoms with E-state index in [1.165, 1.54) is 11.3 Å². The number of hydrogen-bond donors (Lipinski definition) is 1. The number of ether oxygens (including phenoxy) is 1. The van der Waals surface area contributed by atoms with E-state index in [2.05, 4.69) is 53.3 Å². The van der Waals surface area contributed by atoms with Crippen molar-refractivity contribution in [2.45, 2.75) is 71.9 Å². The molecule has 4 rings (SSSR count). The first-order valence-corrected chi connectivity index (χ1v) is 12.4. The third kappa shape index (κ3) is 5.47. The molecule has 0 bridgehead atoms. The minimum atomic E-state index is -0.00606. The number of nitrogens with zero attached hydrogens (tertiary/aromatic N) is 2. The highest BCUT2D eigenvalue weighted by molar-refractivity contribution is 5.97. The molecule has 1 aromatic carbocycles. The molecule has 1 aromatic heterocycles. The van der Waals surface area contributed by atoms with Gasteiger partial charge < -0.3 is 15.0 Å². The van der Waals surface area contributed by atoms with Gasteiger partial charge in [-0.25, -0.2) is 0 Å². The molecule has 33 heavy (non-hydrogen) atoms. The minimum Gasteiger partial charge on any atom is -0.381 e. The number of amides is 1. The highest BCUT2D eigenvalue weighted by Crippen LogP contribution is 2.30. The molecular weight excluding hydrogens is 410 g/mol. The SMILES string of the molecule is CCN(c1cccc2c1C/C=C/CCCc1cc(C)nc(C)c1CNC2=O)C1CCOCC1. The van der Waals surface area contributed by atoms with Crippen LogP contribution in [0.2, 0.25) is 0 Å². The second kappa shape index (κ2) is 11.0. The van der Waals surface area contributed by atoms with Crippen LogP contribution in [0.3, 0.4) is 0 Å². The summed E-state index contributed by atoms with van der Waals surface area (Å²) >= 11 is 0. The lowest BCUT2D eigenvalue weighted by Gasteiger charge is -2.37. The summed E-state index contributed by atoms with van der Waals surface area (Å²) < 4.78 is 5.60. The molecule has 0 aliphatic carbocycles. The van der Waals surface area contributed by atoms with E-state index in [9.17, 15) is 4.79 Å². The predicted molar refractivity (Wildman–Crippen MR) is 134 cm³/mol. The van der Waals surface area contributed by atoms with E-state index in [4.69, 9.17) is 4.74 Å². The zero-order chi connectivity index (χ0) is 23.2. The van der Waals surface area contributed by atoms with Crippen molar-refractivity contribution in [2.24, 2.45) is 0 Å². The highest BCUT2D eigenvalue weighted by atomic mass is 16.5. The number of benzene rings is 1. The molecule has 0 atom stereocenters. The number of anilines is 1. The van der Waals surface area contributed by atoms with Crippen molar-refractivity contribution in [1.29, 1.82) is 0 Å². The van der Waals surface area contributed by atoms with Crippen molar-refractivity contribution in [3.63, 3.8) is 0 Å². The van der Waals surface area contributed by atoms with Crippen molar-refractivity contribution < 1.29 is 9.53 Å². The van der Waals surface area contributed by atoms with Gasteiger partial charge in [-0.05, 0) is 94.2 Å². The summed E-state index contributed by atoms with van der Waals surface area (Å²) in [7, 11) is 0. The Morgan fingerprint density at radius 1 is 1.15 bits per heavy atom. The Balaban J connectivity index is 1.69. The molecule has 3 heterocycles. The normalized spacial score (nSPS) is 18.7. The number of carbonyl (C=O) groups is 1. The summed E-state index contributed by atoms with van der Waals surface area (Å²) in [5.41, 5.74) is 7.61. The number of carbonyl (C=O) groups excluding carboxylic acids is 1. The van der Waals surface area contributed by atoms with Gasteiger partial charge in [-0.2, -0.15) is 0 Å². The summed E-state index contributed by atoms with van der Waals surface area (Å²) in [6.07, 6.45) is 10.5. The first-order valence-electron chi connectivity index (χ1n) is 12.4. The fourth-order valence-electron chi connectivity index (χ4n) is 5.29. The Bertz CT molecular complexity index is 1010. The molecule has 5 heteroatoms. The number of allylic oxidation sites excluding steroid dienone is 2. The summed E-state index contributed by atoms with van der Waals surface area (Å²) in [5, 5.41) is 3.22. The van der Waals surface area contributed by atoms with Gasteiger partial charge in [0, 0.05) is 55.0 Å². The average Bonchev–Trinajstić information content (AvgIpc) is 2.83. The van der Waals surface area contributed by atoms with Gasteiger partial charge in [0.15, 0.2) is 0 Å². The standard InChI is InChI=1S/C28H37N3O2/c1-4-31(23-14-16-33-17-15-23)27-13-9-12-25-24(27)11-8-6-5-7-10-22-18-20(2)30-21(3)26(22)19-29-28(25)32/h6,8-9,12-13,18,23H,4-5,7,10-11,14-17,19H2,1-3H3,(H,29,32)/b8-6+. The summed E-state index contributed by atoms with van der Waals surface area (Å²) in [6.45, 7) is 9.36. The van der Waals surface area contributed by atoms with Crippen LogP contribution in [-0.4, -0.2) is 36.7 Å². The van der Waals surface area contributed by atoms with Gasteiger partial charge in [-0.1, -0.05) is 18.2 Å². The van der Waals surface area contributed by atoms with Gasteiger partial charge in [0.25, 0.3) is 5.91 Å². The third-order valence-corrected chi connectivity index (χ3v) is 6.96. The van der Waals surface area contributed by atoms with Crippen molar-refractivity contribution in [3.05, 3.63) is 70.1 Å².